The number of nitrogens with one attached hydrogen (secondary N) is 2. The summed E-state index contributed by atoms with van der Waals surface area (Å²) in [5.74, 6) is -2.12. The van der Waals surface area contributed by atoms with Crippen molar-refractivity contribution in [3.05, 3.63) is 64.7 Å². The van der Waals surface area contributed by atoms with Gasteiger partial charge in [0.05, 0.1) is 5.56 Å². The van der Waals surface area contributed by atoms with Crippen molar-refractivity contribution >= 4 is 35.4 Å². The molecule has 1 unspecified atom stereocenters. The normalized spacial score (nSPS) is 18.1. The van der Waals surface area contributed by atoms with Gasteiger partial charge in [0.2, 0.25) is 0 Å². The van der Waals surface area contributed by atoms with Gasteiger partial charge in [-0.15, -0.1) is 0 Å². The Morgan fingerprint density at radius 2 is 1.90 bits per heavy atom. The van der Waals surface area contributed by atoms with Gasteiger partial charge in [-0.3, -0.25) is 19.8 Å². The molecule has 1 atom stereocenters. The SMILES string of the molecule is CCC1(c2ccccc2)NC(=O)N(NC(=O)COc2ccc(Cl)cc2C(N)=O)C1=O. The van der Waals surface area contributed by atoms with Gasteiger partial charge in [-0.1, -0.05) is 48.9 Å². The van der Waals surface area contributed by atoms with Crippen molar-refractivity contribution in [3.63, 3.8) is 0 Å². The van der Waals surface area contributed by atoms with Gasteiger partial charge in [-0.05, 0) is 30.2 Å². The molecule has 1 fully saturated rings. The predicted octanol–water partition coefficient (Wildman–Crippen LogP) is 1.71. The van der Waals surface area contributed by atoms with E-state index in [1.165, 1.54) is 18.2 Å². The molecule has 0 spiro atoms. The fourth-order valence-electron chi connectivity index (χ4n) is 3.16. The second-order valence-corrected chi connectivity index (χ2v) is 6.96. The molecule has 9 nitrogen and oxygen atoms in total. The Labute approximate surface area is 177 Å². The second-order valence-electron chi connectivity index (χ2n) is 6.52. The van der Waals surface area contributed by atoms with Gasteiger partial charge in [0.1, 0.15) is 11.3 Å². The van der Waals surface area contributed by atoms with E-state index in [0.29, 0.717) is 10.6 Å². The lowest BCUT2D eigenvalue weighted by Gasteiger charge is -2.25. The molecular formula is C20H19ClN4O5. The first-order valence-electron chi connectivity index (χ1n) is 9.02. The van der Waals surface area contributed by atoms with Crippen molar-refractivity contribution in [2.24, 2.45) is 5.73 Å². The number of rotatable bonds is 7. The van der Waals surface area contributed by atoms with Crippen molar-refractivity contribution < 1.29 is 23.9 Å². The molecular weight excluding hydrogens is 412 g/mol. The van der Waals surface area contributed by atoms with E-state index in [2.05, 4.69) is 10.7 Å². The van der Waals surface area contributed by atoms with E-state index in [0.717, 1.165) is 0 Å². The Morgan fingerprint density at radius 1 is 1.20 bits per heavy atom. The molecule has 0 radical (unpaired) electrons. The smallest absolute Gasteiger partial charge is 0.344 e. The van der Waals surface area contributed by atoms with E-state index in [1.54, 1.807) is 37.3 Å². The third kappa shape index (κ3) is 3.92. The van der Waals surface area contributed by atoms with Crippen LogP contribution in [0.25, 0.3) is 0 Å². The number of hydrogen-bond acceptors (Lipinski definition) is 5. The number of primary amides is 1. The number of urea groups is 1. The van der Waals surface area contributed by atoms with Crippen LogP contribution in [0.4, 0.5) is 4.79 Å². The molecule has 0 bridgehead atoms. The summed E-state index contributed by atoms with van der Waals surface area (Å²) in [5.41, 5.74) is 6.83. The number of hydrazine groups is 1. The lowest BCUT2D eigenvalue weighted by atomic mass is 9.87. The van der Waals surface area contributed by atoms with E-state index < -0.39 is 35.9 Å². The summed E-state index contributed by atoms with van der Waals surface area (Å²) in [5, 5.41) is 3.55. The number of carbonyl (C=O) groups excluding carboxylic acids is 4. The van der Waals surface area contributed by atoms with Crippen molar-refractivity contribution in [1.29, 1.82) is 0 Å². The van der Waals surface area contributed by atoms with E-state index >= 15 is 0 Å². The highest BCUT2D eigenvalue weighted by molar-refractivity contribution is 6.31. The quantitative estimate of drug-likeness (QED) is 0.575. The van der Waals surface area contributed by atoms with Crippen LogP contribution in [-0.2, 0) is 15.1 Å². The number of benzene rings is 2. The van der Waals surface area contributed by atoms with Crippen molar-refractivity contribution in [1.82, 2.24) is 15.8 Å². The van der Waals surface area contributed by atoms with Crippen LogP contribution in [0.5, 0.6) is 5.75 Å². The molecule has 1 saturated heterocycles. The topological polar surface area (TPSA) is 131 Å². The predicted molar refractivity (Wildman–Crippen MR) is 107 cm³/mol. The maximum absolute atomic E-state index is 13.0. The fourth-order valence-corrected chi connectivity index (χ4v) is 3.33. The van der Waals surface area contributed by atoms with E-state index in [-0.39, 0.29) is 22.8 Å². The van der Waals surface area contributed by atoms with Gasteiger partial charge in [0.25, 0.3) is 17.7 Å². The third-order valence-electron chi connectivity index (χ3n) is 4.69. The second kappa shape index (κ2) is 8.42. The molecule has 4 N–H and O–H groups in total. The molecule has 5 amide bonds. The lowest BCUT2D eigenvalue weighted by molar-refractivity contribution is -0.140. The highest BCUT2D eigenvalue weighted by atomic mass is 35.5. The average Bonchev–Trinajstić information content (AvgIpc) is 2.98. The summed E-state index contributed by atoms with van der Waals surface area (Å²) in [6, 6.07) is 12.2. The minimum Gasteiger partial charge on any atom is -0.483 e. The number of nitrogens with zero attached hydrogens (tertiary/aromatic N) is 1. The van der Waals surface area contributed by atoms with Crippen LogP contribution >= 0.6 is 11.6 Å². The first-order chi connectivity index (χ1) is 14.3. The van der Waals surface area contributed by atoms with Crippen molar-refractivity contribution in [2.75, 3.05) is 6.61 Å². The van der Waals surface area contributed by atoms with Gasteiger partial charge in [-0.25, -0.2) is 4.79 Å². The summed E-state index contributed by atoms with van der Waals surface area (Å²) in [7, 11) is 0. The maximum Gasteiger partial charge on any atom is 0.344 e. The summed E-state index contributed by atoms with van der Waals surface area (Å²) < 4.78 is 5.32. The zero-order valence-electron chi connectivity index (χ0n) is 16.0. The highest BCUT2D eigenvalue weighted by Gasteiger charge is 2.52. The van der Waals surface area contributed by atoms with Crippen LogP contribution in [0, 0.1) is 0 Å². The molecule has 1 aliphatic rings. The minimum absolute atomic E-state index is 0.000584. The zero-order chi connectivity index (χ0) is 21.9. The summed E-state index contributed by atoms with van der Waals surface area (Å²) in [6.45, 7) is 1.19. The van der Waals surface area contributed by atoms with Crippen LogP contribution in [0.15, 0.2) is 48.5 Å². The molecule has 0 aromatic heterocycles. The van der Waals surface area contributed by atoms with Crippen molar-refractivity contribution in [3.8, 4) is 5.75 Å². The summed E-state index contributed by atoms with van der Waals surface area (Å²) >= 11 is 5.83. The van der Waals surface area contributed by atoms with E-state index in [4.69, 9.17) is 22.1 Å². The molecule has 10 heteroatoms. The third-order valence-corrected chi connectivity index (χ3v) is 4.93. The Balaban J connectivity index is 1.71. The molecule has 0 saturated carbocycles. The number of ether oxygens (including phenoxy) is 1. The summed E-state index contributed by atoms with van der Waals surface area (Å²) in [6.07, 6.45) is 0.289. The first kappa shape index (κ1) is 21.1. The number of imide groups is 1. The van der Waals surface area contributed by atoms with Crippen LogP contribution in [0.2, 0.25) is 5.02 Å². The largest absolute Gasteiger partial charge is 0.483 e. The molecule has 2 aromatic carbocycles. The average molecular weight is 431 g/mol. The van der Waals surface area contributed by atoms with Crippen LogP contribution in [0.3, 0.4) is 0 Å². The number of halogens is 1. The molecule has 1 heterocycles. The highest BCUT2D eigenvalue weighted by Crippen LogP contribution is 2.31. The van der Waals surface area contributed by atoms with Crippen LogP contribution in [-0.4, -0.2) is 35.4 Å². The van der Waals surface area contributed by atoms with Gasteiger partial charge in [-0.2, -0.15) is 5.01 Å². The van der Waals surface area contributed by atoms with Gasteiger partial charge < -0.3 is 15.8 Å². The molecule has 30 heavy (non-hydrogen) atoms. The Bertz CT molecular complexity index is 1010. The molecule has 0 aliphatic carbocycles. The van der Waals surface area contributed by atoms with Gasteiger partial charge in [0, 0.05) is 5.02 Å². The number of carbonyl (C=O) groups is 4. The molecule has 3 rings (SSSR count). The number of hydrogen-bond donors (Lipinski definition) is 3. The van der Waals surface area contributed by atoms with E-state index in [9.17, 15) is 19.2 Å². The number of nitrogens with two attached hydrogens (primary N) is 1. The standard InChI is InChI=1S/C20H19ClN4O5/c1-2-20(12-6-4-3-5-7-12)18(28)25(19(29)23-20)24-16(26)11-30-15-9-8-13(21)10-14(15)17(22)27/h3-10H,2,11H2,1H3,(H2,22,27)(H,23,29)(H,24,26). The van der Waals surface area contributed by atoms with E-state index in [1.807, 2.05) is 0 Å². The zero-order valence-corrected chi connectivity index (χ0v) is 16.7. The molecule has 156 valence electrons. The first-order valence-corrected chi connectivity index (χ1v) is 9.40. The van der Waals surface area contributed by atoms with Gasteiger partial charge >= 0.3 is 6.03 Å². The summed E-state index contributed by atoms with van der Waals surface area (Å²) in [4.78, 5) is 49.2. The van der Waals surface area contributed by atoms with Crippen molar-refractivity contribution in [2.45, 2.75) is 18.9 Å². The Kier molecular flexibility index (Phi) is 5.93. The monoisotopic (exact) mass is 430 g/mol. The fraction of sp³-hybridized carbons (Fsp3) is 0.200. The Hall–Kier alpha value is -3.59. The molecule has 1 aliphatic heterocycles. The Morgan fingerprint density at radius 3 is 2.53 bits per heavy atom. The molecule has 2 aromatic rings. The lowest BCUT2D eigenvalue weighted by Crippen LogP contribution is -2.49. The van der Waals surface area contributed by atoms with Crippen LogP contribution < -0.4 is 21.2 Å². The van der Waals surface area contributed by atoms with Crippen LogP contribution in [0.1, 0.15) is 29.3 Å². The van der Waals surface area contributed by atoms with Gasteiger partial charge in [0.15, 0.2) is 6.61 Å². The maximum atomic E-state index is 13.0. The number of amides is 5. The minimum atomic E-state index is -1.28.